The van der Waals surface area contributed by atoms with Gasteiger partial charge < -0.3 is 10.1 Å². The Morgan fingerprint density at radius 2 is 1.87 bits per heavy atom. The van der Waals surface area contributed by atoms with Crippen molar-refractivity contribution in [3.63, 3.8) is 0 Å². The minimum atomic E-state index is -0.377. The van der Waals surface area contributed by atoms with Crippen molar-refractivity contribution < 1.29 is 14.3 Å². The molecule has 1 heterocycles. The molecule has 0 amide bonds. The van der Waals surface area contributed by atoms with Crippen molar-refractivity contribution in [1.29, 1.82) is 0 Å². The number of hydrogen-bond donors (Lipinski definition) is 1. The Morgan fingerprint density at radius 3 is 2.63 bits per heavy atom. The highest BCUT2D eigenvalue weighted by Gasteiger charge is 2.39. The number of ether oxygens (including phenoxy) is 1. The first-order valence-corrected chi connectivity index (χ1v) is 10.6. The summed E-state index contributed by atoms with van der Waals surface area (Å²) >= 11 is 0. The van der Waals surface area contributed by atoms with Gasteiger partial charge >= 0.3 is 5.97 Å². The number of dihydropyridines is 1. The summed E-state index contributed by atoms with van der Waals surface area (Å²) in [5, 5.41) is 3.34. The van der Waals surface area contributed by atoms with Crippen LogP contribution in [0.15, 0.2) is 77.1 Å². The molecule has 2 aliphatic rings. The van der Waals surface area contributed by atoms with E-state index >= 15 is 0 Å². The molecule has 1 atom stereocenters. The Hall–Kier alpha value is -3.14. The largest absolute Gasteiger partial charge is 0.462 e. The number of hydrogen-bond acceptors (Lipinski definition) is 4. The lowest BCUT2D eigenvalue weighted by Crippen LogP contribution is -2.34. The van der Waals surface area contributed by atoms with Gasteiger partial charge in [-0.15, -0.1) is 0 Å². The molecule has 0 aromatic heterocycles. The molecule has 4 rings (SSSR count). The molecule has 1 N–H and O–H groups in total. The molecule has 2 aromatic rings. The Kier molecular flexibility index (Phi) is 5.84. The lowest BCUT2D eigenvalue weighted by atomic mass is 9.75. The van der Waals surface area contributed by atoms with E-state index in [9.17, 15) is 9.59 Å². The van der Waals surface area contributed by atoms with Gasteiger partial charge in [0.15, 0.2) is 5.78 Å². The minimum absolute atomic E-state index is 0.123. The van der Waals surface area contributed by atoms with Gasteiger partial charge in [0.25, 0.3) is 0 Å². The first kappa shape index (κ1) is 20.1. The van der Waals surface area contributed by atoms with Gasteiger partial charge in [0.2, 0.25) is 0 Å². The van der Waals surface area contributed by atoms with Crippen LogP contribution in [0.25, 0.3) is 0 Å². The number of carbonyl (C=O) groups is 2. The number of aryl methyl sites for hydroxylation is 1. The van der Waals surface area contributed by atoms with Crippen molar-refractivity contribution in [3.8, 4) is 0 Å². The highest BCUT2D eigenvalue weighted by Crippen LogP contribution is 2.42. The van der Waals surface area contributed by atoms with E-state index < -0.39 is 0 Å². The van der Waals surface area contributed by atoms with Gasteiger partial charge in [-0.05, 0) is 37.8 Å². The summed E-state index contributed by atoms with van der Waals surface area (Å²) in [6.45, 7) is 4.23. The second-order valence-corrected chi connectivity index (χ2v) is 8.05. The van der Waals surface area contributed by atoms with E-state index in [1.807, 2.05) is 62.4 Å². The molecule has 2 aromatic carbocycles. The number of carbonyl (C=O) groups excluding carboxylic acids is 2. The van der Waals surface area contributed by atoms with Crippen LogP contribution in [0.1, 0.15) is 48.8 Å². The second-order valence-electron chi connectivity index (χ2n) is 8.05. The van der Waals surface area contributed by atoms with Crippen LogP contribution >= 0.6 is 0 Å². The molecule has 30 heavy (non-hydrogen) atoms. The number of rotatable bonds is 5. The molecule has 0 bridgehead atoms. The van der Waals surface area contributed by atoms with Crippen LogP contribution in [0.4, 0.5) is 0 Å². The maximum atomic E-state index is 13.2. The van der Waals surface area contributed by atoms with E-state index in [0.29, 0.717) is 25.0 Å². The highest BCUT2D eigenvalue weighted by atomic mass is 16.5. The van der Waals surface area contributed by atoms with Gasteiger partial charge in [-0.25, -0.2) is 4.79 Å². The van der Waals surface area contributed by atoms with Crippen LogP contribution in [-0.2, 0) is 20.7 Å². The third-order valence-corrected chi connectivity index (χ3v) is 5.84. The van der Waals surface area contributed by atoms with Crippen molar-refractivity contribution in [2.45, 2.75) is 45.4 Å². The van der Waals surface area contributed by atoms with Gasteiger partial charge in [0, 0.05) is 35.7 Å². The lowest BCUT2D eigenvalue weighted by Gasteiger charge is -2.34. The fourth-order valence-corrected chi connectivity index (χ4v) is 4.42. The van der Waals surface area contributed by atoms with Crippen molar-refractivity contribution >= 4 is 11.8 Å². The number of ketones is 1. The Labute approximate surface area is 177 Å². The molecule has 0 saturated carbocycles. The standard InChI is InChI=1S/C26H27NO3/c1-17-8-6-11-20(16-17)24-23(18(2)27-21-12-7-13-22(28)25(21)24)26(29)30-15-14-19-9-4-3-5-10-19/h3-6,8-11,16,24,27H,7,12-15H2,1-2H3/t24-/m1/s1. The summed E-state index contributed by atoms with van der Waals surface area (Å²) < 4.78 is 5.68. The zero-order valence-corrected chi connectivity index (χ0v) is 17.5. The summed E-state index contributed by atoms with van der Waals surface area (Å²) in [7, 11) is 0. The molecule has 1 aliphatic carbocycles. The van der Waals surface area contributed by atoms with Crippen LogP contribution in [0.2, 0.25) is 0 Å². The fraction of sp³-hybridized carbons (Fsp3) is 0.308. The predicted molar refractivity (Wildman–Crippen MR) is 117 cm³/mol. The third kappa shape index (κ3) is 4.09. The number of allylic oxidation sites excluding steroid dienone is 3. The van der Waals surface area contributed by atoms with Gasteiger partial charge in [0.1, 0.15) is 0 Å². The summed E-state index contributed by atoms with van der Waals surface area (Å²) in [6.07, 6.45) is 2.86. The Bertz CT molecular complexity index is 1030. The molecular formula is C26H27NO3. The van der Waals surface area contributed by atoms with Gasteiger partial charge in [-0.2, -0.15) is 0 Å². The number of Topliss-reactive ketones (excluding diaryl/α,β-unsaturated/α-hetero) is 1. The van der Waals surface area contributed by atoms with E-state index in [1.54, 1.807) is 0 Å². The highest BCUT2D eigenvalue weighted by molar-refractivity contribution is 6.03. The number of nitrogens with one attached hydrogen (secondary N) is 1. The second kappa shape index (κ2) is 8.70. The number of esters is 1. The van der Waals surface area contributed by atoms with E-state index in [1.165, 1.54) is 0 Å². The molecule has 0 radical (unpaired) electrons. The molecular weight excluding hydrogens is 374 g/mol. The molecule has 0 fully saturated rings. The average molecular weight is 402 g/mol. The van der Waals surface area contributed by atoms with Gasteiger partial charge in [0.05, 0.1) is 12.2 Å². The molecule has 1 aliphatic heterocycles. The normalized spacial score (nSPS) is 18.7. The third-order valence-electron chi connectivity index (χ3n) is 5.84. The summed E-state index contributed by atoms with van der Waals surface area (Å²) in [5.74, 6) is -0.608. The van der Waals surface area contributed by atoms with E-state index in [2.05, 4.69) is 11.4 Å². The summed E-state index contributed by atoms with van der Waals surface area (Å²) in [6, 6.07) is 18.0. The molecule has 0 spiro atoms. The molecule has 4 heteroatoms. The van der Waals surface area contributed by atoms with Crippen LogP contribution in [0, 0.1) is 6.92 Å². The average Bonchev–Trinajstić information content (AvgIpc) is 2.73. The van der Waals surface area contributed by atoms with Gasteiger partial charge in [-0.1, -0.05) is 60.2 Å². The van der Waals surface area contributed by atoms with E-state index in [-0.39, 0.29) is 17.7 Å². The number of benzene rings is 2. The predicted octanol–water partition coefficient (Wildman–Crippen LogP) is 4.75. The fourth-order valence-electron chi connectivity index (χ4n) is 4.42. The topological polar surface area (TPSA) is 55.4 Å². The van der Waals surface area contributed by atoms with Crippen molar-refractivity contribution in [3.05, 3.63) is 93.8 Å². The molecule has 0 saturated heterocycles. The zero-order chi connectivity index (χ0) is 21.1. The quantitative estimate of drug-likeness (QED) is 0.735. The van der Waals surface area contributed by atoms with Crippen molar-refractivity contribution in [2.24, 2.45) is 0 Å². The SMILES string of the molecule is CC1=C(C(=O)OCCc2ccccc2)[C@@H](c2cccc(C)c2)C2=C(CCCC2=O)N1. The van der Waals surface area contributed by atoms with Crippen LogP contribution in [0.3, 0.4) is 0 Å². The van der Waals surface area contributed by atoms with Crippen LogP contribution in [0.5, 0.6) is 0 Å². The van der Waals surface area contributed by atoms with Gasteiger partial charge in [-0.3, -0.25) is 4.79 Å². The van der Waals surface area contributed by atoms with Crippen LogP contribution < -0.4 is 5.32 Å². The van der Waals surface area contributed by atoms with E-state index in [4.69, 9.17) is 4.74 Å². The maximum Gasteiger partial charge on any atom is 0.336 e. The van der Waals surface area contributed by atoms with Crippen molar-refractivity contribution in [2.75, 3.05) is 6.61 Å². The first-order chi connectivity index (χ1) is 14.5. The first-order valence-electron chi connectivity index (χ1n) is 10.6. The van der Waals surface area contributed by atoms with Crippen LogP contribution in [-0.4, -0.2) is 18.4 Å². The van der Waals surface area contributed by atoms with E-state index in [0.717, 1.165) is 46.5 Å². The smallest absolute Gasteiger partial charge is 0.336 e. The minimum Gasteiger partial charge on any atom is -0.462 e. The zero-order valence-electron chi connectivity index (χ0n) is 17.5. The Morgan fingerprint density at radius 1 is 1.07 bits per heavy atom. The summed E-state index contributed by atoms with van der Waals surface area (Å²) in [5.41, 5.74) is 6.20. The lowest BCUT2D eigenvalue weighted by molar-refractivity contribution is -0.139. The monoisotopic (exact) mass is 401 g/mol. The Balaban J connectivity index is 1.64. The molecule has 4 nitrogen and oxygen atoms in total. The van der Waals surface area contributed by atoms with Crippen molar-refractivity contribution in [1.82, 2.24) is 5.32 Å². The summed E-state index contributed by atoms with van der Waals surface area (Å²) in [4.78, 5) is 26.1. The maximum absolute atomic E-state index is 13.2. The molecule has 0 unspecified atom stereocenters. The molecule has 154 valence electrons.